The van der Waals surface area contributed by atoms with Gasteiger partial charge in [0, 0.05) is 25.0 Å². The van der Waals surface area contributed by atoms with Crippen LogP contribution in [0.4, 0.5) is 0 Å². The van der Waals surface area contributed by atoms with Crippen molar-refractivity contribution in [2.75, 3.05) is 20.6 Å². The summed E-state index contributed by atoms with van der Waals surface area (Å²) in [5.41, 5.74) is 7.10. The zero-order valence-corrected chi connectivity index (χ0v) is 13.7. The predicted octanol–water partition coefficient (Wildman–Crippen LogP) is 2.17. The Morgan fingerprint density at radius 1 is 1.24 bits per heavy atom. The third-order valence-corrected chi connectivity index (χ3v) is 3.34. The molecule has 0 saturated carbocycles. The average Bonchev–Trinajstić information content (AvgIpc) is 2.37. The molecule has 0 aliphatic rings. The first-order chi connectivity index (χ1) is 9.88. The molecule has 0 fully saturated rings. The van der Waals surface area contributed by atoms with E-state index in [9.17, 15) is 4.79 Å². The third-order valence-electron chi connectivity index (χ3n) is 3.34. The van der Waals surface area contributed by atoms with Crippen LogP contribution < -0.4 is 11.1 Å². The number of nitrogens with zero attached hydrogens (tertiary/aromatic N) is 1. The highest BCUT2D eigenvalue weighted by atomic mass is 16.1. The lowest BCUT2D eigenvalue weighted by atomic mass is 10.0. The summed E-state index contributed by atoms with van der Waals surface area (Å²) >= 11 is 0. The van der Waals surface area contributed by atoms with Gasteiger partial charge in [0.15, 0.2) is 0 Å². The smallest absolute Gasteiger partial charge is 0.222 e. The van der Waals surface area contributed by atoms with Gasteiger partial charge in [0.25, 0.3) is 0 Å². The zero-order chi connectivity index (χ0) is 15.8. The Hall–Kier alpha value is -1.39. The molecule has 1 aromatic carbocycles. The van der Waals surface area contributed by atoms with Crippen LogP contribution in [-0.2, 0) is 4.79 Å². The molecular formula is C17H29N3O. The Morgan fingerprint density at radius 2 is 1.86 bits per heavy atom. The van der Waals surface area contributed by atoms with Gasteiger partial charge in [-0.15, -0.1) is 0 Å². The van der Waals surface area contributed by atoms with Crippen molar-refractivity contribution in [3.63, 3.8) is 0 Å². The van der Waals surface area contributed by atoms with Crippen LogP contribution in [0.3, 0.4) is 0 Å². The van der Waals surface area contributed by atoms with Crippen LogP contribution in [0.1, 0.15) is 38.3 Å². The van der Waals surface area contributed by atoms with Crippen molar-refractivity contribution in [3.8, 4) is 0 Å². The molecule has 4 heteroatoms. The summed E-state index contributed by atoms with van der Waals surface area (Å²) in [7, 11) is 4.05. The zero-order valence-electron chi connectivity index (χ0n) is 13.7. The van der Waals surface area contributed by atoms with Gasteiger partial charge in [-0.05, 0) is 32.0 Å². The summed E-state index contributed by atoms with van der Waals surface area (Å²) in [4.78, 5) is 14.3. The van der Waals surface area contributed by atoms with Crippen molar-refractivity contribution < 1.29 is 4.79 Å². The van der Waals surface area contributed by atoms with Crippen LogP contribution in [0.5, 0.6) is 0 Å². The normalized spacial score (nSPS) is 14.2. The number of rotatable bonds is 8. The van der Waals surface area contributed by atoms with Gasteiger partial charge >= 0.3 is 0 Å². The highest BCUT2D eigenvalue weighted by Crippen LogP contribution is 2.13. The van der Waals surface area contributed by atoms with Crippen LogP contribution in [0.25, 0.3) is 0 Å². The lowest BCUT2D eigenvalue weighted by molar-refractivity contribution is -0.122. The summed E-state index contributed by atoms with van der Waals surface area (Å²) in [6.45, 7) is 5.19. The van der Waals surface area contributed by atoms with E-state index < -0.39 is 0 Å². The number of nitrogens with two attached hydrogens (primary N) is 1. The van der Waals surface area contributed by atoms with Crippen molar-refractivity contribution in [1.29, 1.82) is 0 Å². The van der Waals surface area contributed by atoms with E-state index in [-0.39, 0.29) is 18.0 Å². The second kappa shape index (κ2) is 8.80. The Kier molecular flexibility index (Phi) is 7.40. The van der Waals surface area contributed by atoms with E-state index in [0.29, 0.717) is 12.3 Å². The van der Waals surface area contributed by atoms with Crippen molar-refractivity contribution in [2.24, 2.45) is 11.7 Å². The van der Waals surface area contributed by atoms with Crippen molar-refractivity contribution in [3.05, 3.63) is 35.9 Å². The first kappa shape index (κ1) is 17.7. The largest absolute Gasteiger partial charge is 0.352 e. The molecule has 1 aromatic rings. The molecule has 1 rings (SSSR count). The highest BCUT2D eigenvalue weighted by Gasteiger charge is 2.17. The molecule has 4 nitrogen and oxygen atoms in total. The van der Waals surface area contributed by atoms with Gasteiger partial charge in [-0.1, -0.05) is 44.2 Å². The molecular weight excluding hydrogens is 262 g/mol. The van der Waals surface area contributed by atoms with Crippen molar-refractivity contribution >= 4 is 5.91 Å². The summed E-state index contributed by atoms with van der Waals surface area (Å²) in [6.07, 6.45) is 1.30. The molecule has 0 spiro atoms. The summed E-state index contributed by atoms with van der Waals surface area (Å²) in [5.74, 6) is 0.580. The fourth-order valence-electron chi connectivity index (χ4n) is 2.49. The molecule has 118 valence electrons. The molecule has 1 amide bonds. The number of hydrogen-bond acceptors (Lipinski definition) is 3. The van der Waals surface area contributed by atoms with E-state index in [1.54, 1.807) is 0 Å². The van der Waals surface area contributed by atoms with E-state index >= 15 is 0 Å². The molecule has 0 heterocycles. The maximum atomic E-state index is 12.2. The maximum absolute atomic E-state index is 12.2. The quantitative estimate of drug-likeness (QED) is 0.772. The van der Waals surface area contributed by atoms with Crippen LogP contribution >= 0.6 is 0 Å². The minimum atomic E-state index is -0.245. The monoisotopic (exact) mass is 291 g/mol. The number of amides is 1. The van der Waals surface area contributed by atoms with Crippen LogP contribution in [0, 0.1) is 5.92 Å². The minimum absolute atomic E-state index is 0.0267. The van der Waals surface area contributed by atoms with Gasteiger partial charge < -0.3 is 16.0 Å². The van der Waals surface area contributed by atoms with Crippen molar-refractivity contribution in [2.45, 2.75) is 38.8 Å². The molecule has 0 aliphatic carbocycles. The minimum Gasteiger partial charge on any atom is -0.352 e. The maximum Gasteiger partial charge on any atom is 0.222 e. The van der Waals surface area contributed by atoms with E-state index in [4.69, 9.17) is 5.73 Å². The van der Waals surface area contributed by atoms with E-state index in [2.05, 4.69) is 24.1 Å². The first-order valence-corrected chi connectivity index (χ1v) is 7.63. The highest BCUT2D eigenvalue weighted by molar-refractivity contribution is 5.77. The second-order valence-corrected chi connectivity index (χ2v) is 6.38. The molecule has 0 aromatic heterocycles. The van der Waals surface area contributed by atoms with Gasteiger partial charge in [-0.3, -0.25) is 4.79 Å². The summed E-state index contributed by atoms with van der Waals surface area (Å²) in [5, 5.41) is 3.12. The number of carbonyl (C=O) groups is 1. The van der Waals surface area contributed by atoms with Gasteiger partial charge in [-0.25, -0.2) is 0 Å². The van der Waals surface area contributed by atoms with Gasteiger partial charge in [0.2, 0.25) is 5.91 Å². The molecule has 2 unspecified atom stereocenters. The Bertz CT molecular complexity index is 407. The molecule has 2 atom stereocenters. The number of carbonyl (C=O) groups excluding carboxylic acids is 1. The van der Waals surface area contributed by atoms with E-state index in [0.717, 1.165) is 18.5 Å². The fraction of sp³-hybridized carbons (Fsp3) is 0.588. The average molecular weight is 291 g/mol. The second-order valence-electron chi connectivity index (χ2n) is 6.38. The van der Waals surface area contributed by atoms with Crippen molar-refractivity contribution in [1.82, 2.24) is 10.2 Å². The summed E-state index contributed by atoms with van der Waals surface area (Å²) < 4.78 is 0. The molecule has 0 radical (unpaired) electrons. The van der Waals surface area contributed by atoms with Crippen LogP contribution in [0.15, 0.2) is 30.3 Å². The third kappa shape index (κ3) is 7.25. The SMILES string of the molecule is CC(C)CC(CN(C)C)NC(=O)CC(N)c1ccccc1. The first-order valence-electron chi connectivity index (χ1n) is 7.63. The molecule has 0 aliphatic heterocycles. The van der Waals surface area contributed by atoms with E-state index in [1.165, 1.54) is 0 Å². The van der Waals surface area contributed by atoms with E-state index in [1.807, 2.05) is 44.4 Å². The topological polar surface area (TPSA) is 58.4 Å². The molecule has 3 N–H and O–H groups in total. The number of benzene rings is 1. The van der Waals surface area contributed by atoms with Crippen LogP contribution in [-0.4, -0.2) is 37.5 Å². The number of nitrogens with one attached hydrogen (secondary N) is 1. The fourth-order valence-corrected chi connectivity index (χ4v) is 2.49. The van der Waals surface area contributed by atoms with Gasteiger partial charge in [-0.2, -0.15) is 0 Å². The standard InChI is InChI=1S/C17H29N3O/c1-13(2)10-15(12-20(3)4)19-17(21)11-16(18)14-8-6-5-7-9-14/h5-9,13,15-16H,10-12,18H2,1-4H3,(H,19,21). The molecule has 21 heavy (non-hydrogen) atoms. The predicted molar refractivity (Wildman–Crippen MR) is 87.9 cm³/mol. The summed E-state index contributed by atoms with van der Waals surface area (Å²) in [6, 6.07) is 9.70. The molecule has 0 saturated heterocycles. The van der Waals surface area contributed by atoms with Crippen LogP contribution in [0.2, 0.25) is 0 Å². The number of hydrogen-bond donors (Lipinski definition) is 2. The Balaban J connectivity index is 2.53. The van der Waals surface area contributed by atoms with Gasteiger partial charge in [0.05, 0.1) is 0 Å². The molecule has 0 bridgehead atoms. The Morgan fingerprint density at radius 3 is 2.38 bits per heavy atom. The Labute approximate surface area is 128 Å². The lowest BCUT2D eigenvalue weighted by Gasteiger charge is -2.24. The lowest BCUT2D eigenvalue weighted by Crippen LogP contribution is -2.43. The van der Waals surface area contributed by atoms with Gasteiger partial charge in [0.1, 0.15) is 0 Å². The number of likely N-dealkylation sites (N-methyl/N-ethyl adjacent to an activating group) is 1.